The second-order valence-electron chi connectivity index (χ2n) is 15.8. The van der Waals surface area contributed by atoms with Gasteiger partial charge in [-0.05, 0) is 68.2 Å². The van der Waals surface area contributed by atoms with Crippen molar-refractivity contribution in [1.29, 1.82) is 0 Å². The third kappa shape index (κ3) is 8.27. The van der Waals surface area contributed by atoms with E-state index in [-0.39, 0.29) is 47.9 Å². The average molecular weight is 853 g/mol. The zero-order valence-corrected chi connectivity index (χ0v) is 35.0. The third-order valence-electron chi connectivity index (χ3n) is 10.9. The van der Waals surface area contributed by atoms with Crippen molar-refractivity contribution in [1.82, 2.24) is 4.98 Å². The third-order valence-corrected chi connectivity index (χ3v) is 10.9. The summed E-state index contributed by atoms with van der Waals surface area (Å²) in [7, 11) is 0. The van der Waals surface area contributed by atoms with Crippen molar-refractivity contribution in [2.24, 2.45) is 10.8 Å². The molecule has 2 heterocycles. The number of carbonyl (C=O) groups is 1. The second-order valence-corrected chi connectivity index (χ2v) is 15.8. The van der Waals surface area contributed by atoms with Crippen LogP contribution in [0.25, 0.3) is 43.9 Å². The number of ketones is 1. The molecule has 0 amide bonds. The quantitative estimate of drug-likeness (QED) is 0.0911. The monoisotopic (exact) mass is 853 g/mol. The van der Waals surface area contributed by atoms with E-state index in [0.717, 1.165) is 70.0 Å². The van der Waals surface area contributed by atoms with Gasteiger partial charge in [0.1, 0.15) is 17.1 Å². The Morgan fingerprint density at radius 3 is 2.04 bits per heavy atom. The molecule has 3 aromatic carbocycles. The number of pyridine rings is 1. The van der Waals surface area contributed by atoms with E-state index in [2.05, 4.69) is 103 Å². The number of aliphatic hydroxyl groups excluding tert-OH is 1. The first-order chi connectivity index (χ1) is 22.9. The molecule has 0 atom stereocenters. The summed E-state index contributed by atoms with van der Waals surface area (Å²) in [6, 6.07) is 21.0. The molecular weight excluding hydrogens is 795 g/mol. The maximum absolute atomic E-state index is 12.2. The number of aromatic nitrogens is 1. The summed E-state index contributed by atoms with van der Waals surface area (Å²) in [5.41, 5.74) is 7.01. The van der Waals surface area contributed by atoms with Gasteiger partial charge < -0.3 is 9.52 Å². The maximum atomic E-state index is 12.2. The Morgan fingerprint density at radius 1 is 0.880 bits per heavy atom. The molecule has 50 heavy (non-hydrogen) atoms. The van der Waals surface area contributed by atoms with E-state index in [9.17, 15) is 9.90 Å². The number of hydrogen-bond donors (Lipinski definition) is 1. The van der Waals surface area contributed by atoms with Crippen molar-refractivity contribution < 1.29 is 34.4 Å². The Labute approximate surface area is 314 Å². The van der Waals surface area contributed by atoms with Crippen LogP contribution in [-0.4, -0.2) is 15.9 Å². The van der Waals surface area contributed by atoms with Gasteiger partial charge in [-0.3, -0.25) is 9.78 Å². The van der Waals surface area contributed by atoms with Crippen molar-refractivity contribution in [3.05, 3.63) is 88.9 Å². The first-order valence-corrected chi connectivity index (χ1v) is 18.2. The van der Waals surface area contributed by atoms with E-state index in [1.165, 1.54) is 28.2 Å². The van der Waals surface area contributed by atoms with Gasteiger partial charge in [-0.15, -0.1) is 29.1 Å². The Balaban J connectivity index is 0.000000323. The molecular formula is C45H58IrNO3-. The van der Waals surface area contributed by atoms with E-state index >= 15 is 0 Å². The Bertz CT molecular complexity index is 2000. The number of carbonyl (C=O) groups excluding carboxylic acids is 1. The largest absolute Gasteiger partial charge is 0.512 e. The van der Waals surface area contributed by atoms with E-state index in [0.29, 0.717) is 5.92 Å². The Hall–Kier alpha value is -3.27. The zero-order chi connectivity index (χ0) is 36.5. The minimum atomic E-state index is -0.337. The number of fused-ring (bicyclic) bond motifs is 4. The normalized spacial score (nSPS) is 12.7. The van der Waals surface area contributed by atoms with Crippen LogP contribution in [-0.2, 0) is 30.3 Å². The van der Waals surface area contributed by atoms with Gasteiger partial charge in [0, 0.05) is 59.4 Å². The van der Waals surface area contributed by atoms with E-state index in [4.69, 9.17) is 9.40 Å². The van der Waals surface area contributed by atoms with Gasteiger partial charge in [-0.1, -0.05) is 111 Å². The van der Waals surface area contributed by atoms with Crippen LogP contribution in [0.2, 0.25) is 0 Å². The van der Waals surface area contributed by atoms with Gasteiger partial charge in [-0.2, -0.15) is 0 Å². The van der Waals surface area contributed by atoms with E-state index in [1.807, 2.05) is 41.5 Å². The number of rotatable bonds is 9. The molecule has 5 aromatic rings. The number of hydrogen-bond acceptors (Lipinski definition) is 4. The van der Waals surface area contributed by atoms with Gasteiger partial charge in [0.05, 0.1) is 5.52 Å². The van der Waals surface area contributed by atoms with Gasteiger partial charge in [0.25, 0.3) is 0 Å². The van der Waals surface area contributed by atoms with Crippen molar-refractivity contribution in [3.63, 3.8) is 0 Å². The van der Waals surface area contributed by atoms with Crippen LogP contribution >= 0.6 is 0 Å². The standard InChI is InChI=1S/C30H30NO.C15H28O2.Ir/c1-17(2)26-16-23-28(31-25-13-18(3)12-19(4)27(25)29(23)32-26)21-14-20-10-8-9-11-22(20)24(15-21)30(5,6)7;1-7-14(5,8-2)12(16)11-13(17)15(6,9-3)10-4;/h8-13,15-17H,1-7H3;11,16H,7-10H2,1-6H3;/q-1;;/b;12-11-;. The van der Waals surface area contributed by atoms with Crippen molar-refractivity contribution in [2.45, 2.75) is 127 Å². The molecule has 0 aliphatic heterocycles. The SMILES string of the molecule is CCC(C)(CC)C(=O)/C=C(\O)C(C)(CC)CC.Cc1cc(C)c2c(c1)nc(-c1[c-]c3ccccc3c(C(C)(C)C)c1)c1cc(C(C)C)oc12.[Ir]. The summed E-state index contributed by atoms with van der Waals surface area (Å²) in [5, 5.41) is 14.7. The Morgan fingerprint density at radius 2 is 1.48 bits per heavy atom. The van der Waals surface area contributed by atoms with Crippen molar-refractivity contribution >= 4 is 38.4 Å². The van der Waals surface area contributed by atoms with Crippen LogP contribution in [0.4, 0.5) is 0 Å². The molecule has 5 rings (SSSR count). The summed E-state index contributed by atoms with van der Waals surface area (Å²) >= 11 is 0. The molecule has 5 heteroatoms. The van der Waals surface area contributed by atoms with E-state index in [1.54, 1.807) is 0 Å². The molecule has 2 aromatic heterocycles. The first kappa shape index (κ1) is 41.2. The predicted molar refractivity (Wildman–Crippen MR) is 209 cm³/mol. The van der Waals surface area contributed by atoms with Crippen LogP contribution in [0, 0.1) is 30.7 Å². The van der Waals surface area contributed by atoms with Crippen LogP contribution in [0.5, 0.6) is 0 Å². The topological polar surface area (TPSA) is 63.3 Å². The average Bonchev–Trinajstić information content (AvgIpc) is 3.52. The number of benzene rings is 3. The fourth-order valence-electron chi connectivity index (χ4n) is 6.43. The molecule has 4 nitrogen and oxygen atoms in total. The molecule has 1 N–H and O–H groups in total. The van der Waals surface area contributed by atoms with Gasteiger partial charge in [-0.25, -0.2) is 0 Å². The molecule has 0 aliphatic rings. The summed E-state index contributed by atoms with van der Waals surface area (Å²) < 4.78 is 6.46. The first-order valence-electron chi connectivity index (χ1n) is 18.2. The molecule has 0 saturated carbocycles. The summed E-state index contributed by atoms with van der Waals surface area (Å²) in [6.45, 7) is 27.5. The zero-order valence-electron chi connectivity index (χ0n) is 32.6. The smallest absolute Gasteiger partial charge is 0.164 e. The molecule has 0 unspecified atom stereocenters. The van der Waals surface area contributed by atoms with Gasteiger partial charge >= 0.3 is 0 Å². The molecule has 0 bridgehead atoms. The van der Waals surface area contributed by atoms with Crippen LogP contribution < -0.4 is 0 Å². The number of allylic oxidation sites excluding steroid dienone is 2. The summed E-state index contributed by atoms with van der Waals surface area (Å²) in [4.78, 5) is 17.4. The van der Waals surface area contributed by atoms with Gasteiger partial charge in [0.15, 0.2) is 5.78 Å². The summed E-state index contributed by atoms with van der Waals surface area (Å²) in [5.74, 6) is 1.59. The molecule has 0 aliphatic carbocycles. The molecule has 0 spiro atoms. The minimum Gasteiger partial charge on any atom is -0.512 e. The van der Waals surface area contributed by atoms with Crippen LogP contribution in [0.15, 0.2) is 64.8 Å². The number of aryl methyl sites for hydroxylation is 2. The number of nitrogens with zero attached hydrogens (tertiary/aromatic N) is 1. The van der Waals surface area contributed by atoms with Crippen LogP contribution in [0.3, 0.4) is 0 Å². The number of aliphatic hydroxyl groups is 1. The van der Waals surface area contributed by atoms with Crippen molar-refractivity contribution in [3.8, 4) is 11.3 Å². The van der Waals surface area contributed by atoms with Crippen LogP contribution in [0.1, 0.15) is 130 Å². The number of furan rings is 1. The molecule has 0 fully saturated rings. The molecule has 1 radical (unpaired) electrons. The fraction of sp³-hybridized carbons (Fsp3) is 0.467. The molecule has 0 saturated heterocycles. The Kier molecular flexibility index (Phi) is 13.1. The van der Waals surface area contributed by atoms with Crippen molar-refractivity contribution in [2.75, 3.05) is 0 Å². The second kappa shape index (κ2) is 16.0. The maximum Gasteiger partial charge on any atom is 0.164 e. The van der Waals surface area contributed by atoms with E-state index < -0.39 is 0 Å². The minimum absolute atomic E-state index is 0. The fourth-order valence-corrected chi connectivity index (χ4v) is 6.43. The summed E-state index contributed by atoms with van der Waals surface area (Å²) in [6.07, 6.45) is 4.75. The predicted octanol–water partition coefficient (Wildman–Crippen LogP) is 13.3. The molecule has 271 valence electrons. The van der Waals surface area contributed by atoms with Gasteiger partial charge in [0.2, 0.25) is 0 Å².